The van der Waals surface area contributed by atoms with Gasteiger partial charge in [0.15, 0.2) is 0 Å². The van der Waals surface area contributed by atoms with Crippen molar-refractivity contribution in [3.05, 3.63) is 58.3 Å². The minimum absolute atomic E-state index is 0.0548. The van der Waals surface area contributed by atoms with Crippen molar-refractivity contribution in [3.8, 4) is 0 Å². The van der Waals surface area contributed by atoms with E-state index < -0.39 is 0 Å². The van der Waals surface area contributed by atoms with Gasteiger partial charge in [-0.2, -0.15) is 0 Å². The van der Waals surface area contributed by atoms with Gasteiger partial charge in [-0.3, -0.25) is 9.59 Å². The molecule has 4 rings (SSSR count). The summed E-state index contributed by atoms with van der Waals surface area (Å²) in [7, 11) is 1.99. The first-order chi connectivity index (χ1) is 14.1. The number of thiophene rings is 1. The molecular formula is C24H30N2O2S. The lowest BCUT2D eigenvalue weighted by Crippen LogP contribution is -2.46. The van der Waals surface area contributed by atoms with E-state index >= 15 is 0 Å². The zero-order valence-corrected chi connectivity index (χ0v) is 17.9. The Balaban J connectivity index is 1.26. The zero-order chi connectivity index (χ0) is 20.2. The Bertz CT molecular complexity index is 805. The lowest BCUT2D eigenvalue weighted by Gasteiger charge is -2.38. The summed E-state index contributed by atoms with van der Waals surface area (Å²) in [5.74, 6) is 1.07. The van der Waals surface area contributed by atoms with Crippen LogP contribution in [0.4, 0.5) is 0 Å². The first kappa shape index (κ1) is 20.1. The number of amides is 2. The summed E-state index contributed by atoms with van der Waals surface area (Å²) in [4.78, 5) is 30.3. The second-order valence-electron chi connectivity index (χ2n) is 8.41. The summed E-state index contributed by atoms with van der Waals surface area (Å²) in [5, 5.41) is 1.94. The summed E-state index contributed by atoms with van der Waals surface area (Å²) >= 11 is 1.49. The molecule has 2 heterocycles. The van der Waals surface area contributed by atoms with Crippen LogP contribution in [0, 0.1) is 5.92 Å². The fourth-order valence-electron chi connectivity index (χ4n) is 4.88. The standard InChI is InChI=1S/C24H30N2O2S/c1-25(21-11-9-19(10-12-21)18-6-3-2-4-7-18)23(27)20-13-15-26(16-14-20)24(28)22-8-5-17-29-22/h2-8,17,19-21H,9-16H2,1H3. The van der Waals surface area contributed by atoms with Gasteiger partial charge < -0.3 is 9.80 Å². The van der Waals surface area contributed by atoms with E-state index in [4.69, 9.17) is 0 Å². The fraction of sp³-hybridized carbons (Fsp3) is 0.500. The molecule has 5 heteroatoms. The fourth-order valence-corrected chi connectivity index (χ4v) is 5.57. The Kier molecular flexibility index (Phi) is 6.34. The van der Waals surface area contributed by atoms with Gasteiger partial charge >= 0.3 is 0 Å². The molecule has 4 nitrogen and oxygen atoms in total. The summed E-state index contributed by atoms with van der Waals surface area (Å²) in [5.41, 5.74) is 1.43. The van der Waals surface area contributed by atoms with Crippen LogP contribution in [0.1, 0.15) is 59.7 Å². The third-order valence-corrected chi connectivity index (χ3v) is 7.58. The number of hydrogen-bond acceptors (Lipinski definition) is 3. The first-order valence-corrected chi connectivity index (χ1v) is 11.7. The van der Waals surface area contributed by atoms with Crippen LogP contribution in [0.3, 0.4) is 0 Å². The lowest BCUT2D eigenvalue weighted by molar-refractivity contribution is -0.138. The Morgan fingerprint density at radius 3 is 2.24 bits per heavy atom. The van der Waals surface area contributed by atoms with Crippen LogP contribution in [0.2, 0.25) is 0 Å². The topological polar surface area (TPSA) is 40.6 Å². The van der Waals surface area contributed by atoms with E-state index in [9.17, 15) is 9.59 Å². The summed E-state index contributed by atoms with van der Waals surface area (Å²) < 4.78 is 0. The van der Waals surface area contributed by atoms with Crippen molar-refractivity contribution in [1.29, 1.82) is 0 Å². The van der Waals surface area contributed by atoms with Crippen LogP contribution in [-0.2, 0) is 4.79 Å². The van der Waals surface area contributed by atoms with Crippen molar-refractivity contribution < 1.29 is 9.59 Å². The number of piperidine rings is 1. The van der Waals surface area contributed by atoms with E-state index in [1.54, 1.807) is 0 Å². The van der Waals surface area contributed by atoms with Gasteiger partial charge in [-0.05, 0) is 61.5 Å². The quantitative estimate of drug-likeness (QED) is 0.727. The molecular weight excluding hydrogens is 380 g/mol. The Morgan fingerprint density at radius 1 is 0.931 bits per heavy atom. The van der Waals surface area contributed by atoms with Crippen molar-refractivity contribution in [1.82, 2.24) is 9.80 Å². The third kappa shape index (κ3) is 4.55. The molecule has 0 spiro atoms. The second kappa shape index (κ2) is 9.12. The maximum absolute atomic E-state index is 13.1. The van der Waals surface area contributed by atoms with E-state index in [0.29, 0.717) is 25.0 Å². The van der Waals surface area contributed by atoms with Crippen LogP contribution >= 0.6 is 11.3 Å². The molecule has 1 saturated carbocycles. The van der Waals surface area contributed by atoms with Gasteiger partial charge in [0.2, 0.25) is 5.91 Å². The molecule has 0 atom stereocenters. The van der Waals surface area contributed by atoms with Crippen molar-refractivity contribution in [2.24, 2.45) is 5.92 Å². The van der Waals surface area contributed by atoms with Gasteiger partial charge in [0.1, 0.15) is 0 Å². The van der Waals surface area contributed by atoms with Gasteiger partial charge in [0.05, 0.1) is 4.88 Å². The highest BCUT2D eigenvalue weighted by Gasteiger charge is 2.33. The molecule has 154 valence electrons. The molecule has 1 aromatic carbocycles. The molecule has 1 aliphatic heterocycles. The maximum atomic E-state index is 13.1. The van der Waals surface area contributed by atoms with Crippen LogP contribution in [0.5, 0.6) is 0 Å². The predicted octanol–water partition coefficient (Wildman–Crippen LogP) is 4.79. The number of rotatable bonds is 4. The highest BCUT2D eigenvalue weighted by Crippen LogP contribution is 2.35. The Morgan fingerprint density at radius 2 is 1.62 bits per heavy atom. The number of carbonyl (C=O) groups is 2. The average molecular weight is 411 g/mol. The van der Waals surface area contributed by atoms with Gasteiger partial charge in [0.25, 0.3) is 5.91 Å². The summed E-state index contributed by atoms with van der Waals surface area (Å²) in [6.45, 7) is 1.36. The molecule has 0 unspecified atom stereocenters. The highest BCUT2D eigenvalue weighted by molar-refractivity contribution is 7.12. The van der Waals surface area contributed by atoms with Gasteiger partial charge in [0, 0.05) is 32.1 Å². The lowest BCUT2D eigenvalue weighted by atomic mass is 9.81. The predicted molar refractivity (Wildman–Crippen MR) is 117 cm³/mol. The molecule has 1 saturated heterocycles. The highest BCUT2D eigenvalue weighted by atomic mass is 32.1. The summed E-state index contributed by atoms with van der Waals surface area (Å²) in [6, 6.07) is 14.9. The average Bonchev–Trinajstić information content (AvgIpc) is 3.33. The van der Waals surface area contributed by atoms with Crippen molar-refractivity contribution in [3.63, 3.8) is 0 Å². The minimum atomic E-state index is 0.0548. The number of hydrogen-bond donors (Lipinski definition) is 0. The molecule has 1 aliphatic carbocycles. The SMILES string of the molecule is CN(C(=O)C1CCN(C(=O)c2cccs2)CC1)C1CCC(c2ccccc2)CC1. The zero-order valence-electron chi connectivity index (χ0n) is 17.1. The van der Waals surface area contributed by atoms with Crippen molar-refractivity contribution in [2.45, 2.75) is 50.5 Å². The van der Waals surface area contributed by atoms with E-state index in [0.717, 1.165) is 43.4 Å². The molecule has 0 N–H and O–H groups in total. The minimum Gasteiger partial charge on any atom is -0.343 e. The largest absolute Gasteiger partial charge is 0.343 e. The number of likely N-dealkylation sites (tertiary alicyclic amines) is 1. The molecule has 2 amide bonds. The van der Waals surface area contributed by atoms with Crippen LogP contribution < -0.4 is 0 Å². The van der Waals surface area contributed by atoms with E-state index in [1.165, 1.54) is 16.9 Å². The maximum Gasteiger partial charge on any atom is 0.263 e. The van der Waals surface area contributed by atoms with Crippen molar-refractivity contribution in [2.75, 3.05) is 20.1 Å². The molecule has 0 radical (unpaired) electrons. The summed E-state index contributed by atoms with van der Waals surface area (Å²) in [6.07, 6.45) is 6.02. The third-order valence-electron chi connectivity index (χ3n) is 6.73. The monoisotopic (exact) mass is 410 g/mol. The first-order valence-electron chi connectivity index (χ1n) is 10.8. The Labute approximate surface area is 177 Å². The molecule has 29 heavy (non-hydrogen) atoms. The van der Waals surface area contributed by atoms with Crippen molar-refractivity contribution >= 4 is 23.2 Å². The number of benzene rings is 1. The van der Waals surface area contributed by atoms with Gasteiger partial charge in [-0.15, -0.1) is 11.3 Å². The number of carbonyl (C=O) groups excluding carboxylic acids is 2. The molecule has 2 fully saturated rings. The molecule has 2 aromatic rings. The van der Waals surface area contributed by atoms with Crippen LogP contribution in [0.15, 0.2) is 47.8 Å². The van der Waals surface area contributed by atoms with Gasteiger partial charge in [-0.25, -0.2) is 0 Å². The van der Waals surface area contributed by atoms with Gasteiger partial charge in [-0.1, -0.05) is 36.4 Å². The van der Waals surface area contributed by atoms with E-state index in [-0.39, 0.29) is 17.7 Å². The molecule has 1 aromatic heterocycles. The smallest absolute Gasteiger partial charge is 0.263 e. The molecule has 0 bridgehead atoms. The van der Waals surface area contributed by atoms with Crippen LogP contribution in [0.25, 0.3) is 0 Å². The molecule has 2 aliphatic rings. The van der Waals surface area contributed by atoms with Crippen LogP contribution in [-0.4, -0.2) is 47.8 Å². The second-order valence-corrected chi connectivity index (χ2v) is 9.36. The van der Waals surface area contributed by atoms with E-state index in [1.807, 2.05) is 34.4 Å². The van der Waals surface area contributed by atoms with E-state index in [2.05, 4.69) is 30.3 Å². The number of nitrogens with zero attached hydrogens (tertiary/aromatic N) is 2. The normalized spacial score (nSPS) is 23.0. The Hall–Kier alpha value is -2.14.